The molecule has 1 heterocycles. The molecule has 1 aromatic heterocycles. The average Bonchev–Trinajstić information content (AvgIpc) is 2.98. The number of para-hydroxylation sites is 1. The summed E-state index contributed by atoms with van der Waals surface area (Å²) in [4.78, 5) is 25.2. The maximum atomic E-state index is 12.0. The van der Waals surface area contributed by atoms with Crippen LogP contribution in [-0.2, 0) is 11.2 Å². The molecule has 3 rings (SSSR count). The van der Waals surface area contributed by atoms with Crippen LogP contribution in [0.3, 0.4) is 0 Å². The predicted molar refractivity (Wildman–Crippen MR) is 90.8 cm³/mol. The molecule has 0 spiro atoms. The molecule has 0 aliphatic rings. The molecular weight excluding hydrogens is 308 g/mol. The molecule has 24 heavy (non-hydrogen) atoms. The number of carbonyl (C=O) groups is 1. The van der Waals surface area contributed by atoms with Gasteiger partial charge in [-0.1, -0.05) is 18.2 Å². The molecule has 0 aliphatic heterocycles. The van der Waals surface area contributed by atoms with Crippen LogP contribution in [0.4, 0.5) is 5.69 Å². The summed E-state index contributed by atoms with van der Waals surface area (Å²) in [7, 11) is 0. The molecule has 0 unspecified atom stereocenters. The number of benzene rings is 2. The SMILES string of the molecule is O=C(Cc1c[nH]c2ccccc12)N/N=C\c1ccc([N+](=O)[O-])cc1. The molecule has 7 nitrogen and oxygen atoms in total. The Kier molecular flexibility index (Phi) is 4.33. The number of hydrogen-bond acceptors (Lipinski definition) is 4. The highest BCUT2D eigenvalue weighted by molar-refractivity contribution is 5.89. The number of hydrogen-bond donors (Lipinski definition) is 2. The first kappa shape index (κ1) is 15.4. The highest BCUT2D eigenvalue weighted by Crippen LogP contribution is 2.17. The van der Waals surface area contributed by atoms with E-state index in [0.29, 0.717) is 5.56 Å². The second kappa shape index (κ2) is 6.74. The van der Waals surface area contributed by atoms with Gasteiger partial charge in [-0.05, 0) is 29.3 Å². The second-order valence-electron chi connectivity index (χ2n) is 5.18. The first-order valence-corrected chi connectivity index (χ1v) is 7.25. The summed E-state index contributed by atoms with van der Waals surface area (Å²) in [6.07, 6.45) is 3.46. The van der Waals surface area contributed by atoms with Crippen molar-refractivity contribution in [3.05, 3.63) is 76.0 Å². The first-order valence-electron chi connectivity index (χ1n) is 7.25. The number of aromatic amines is 1. The third-order valence-corrected chi connectivity index (χ3v) is 3.53. The lowest BCUT2D eigenvalue weighted by atomic mass is 10.1. The number of nitrogens with zero attached hydrogens (tertiary/aromatic N) is 2. The molecule has 120 valence electrons. The second-order valence-corrected chi connectivity index (χ2v) is 5.18. The Morgan fingerprint density at radius 2 is 1.96 bits per heavy atom. The van der Waals surface area contributed by atoms with Gasteiger partial charge in [0, 0.05) is 29.2 Å². The summed E-state index contributed by atoms with van der Waals surface area (Å²) in [6.45, 7) is 0. The molecule has 7 heteroatoms. The number of nitro benzene ring substituents is 1. The van der Waals surface area contributed by atoms with Crippen molar-refractivity contribution in [3.8, 4) is 0 Å². The molecule has 0 saturated heterocycles. The van der Waals surface area contributed by atoms with E-state index in [1.807, 2.05) is 30.5 Å². The maximum absolute atomic E-state index is 12.0. The van der Waals surface area contributed by atoms with Gasteiger partial charge in [0.1, 0.15) is 0 Å². The van der Waals surface area contributed by atoms with Gasteiger partial charge < -0.3 is 4.98 Å². The minimum Gasteiger partial charge on any atom is -0.361 e. The lowest BCUT2D eigenvalue weighted by molar-refractivity contribution is -0.384. The Morgan fingerprint density at radius 1 is 1.21 bits per heavy atom. The Hall–Kier alpha value is -3.48. The minimum atomic E-state index is -0.468. The van der Waals surface area contributed by atoms with Crippen molar-refractivity contribution in [2.24, 2.45) is 5.10 Å². The number of amides is 1. The molecule has 0 fully saturated rings. The fraction of sp³-hybridized carbons (Fsp3) is 0.0588. The summed E-state index contributed by atoms with van der Waals surface area (Å²) < 4.78 is 0. The summed E-state index contributed by atoms with van der Waals surface area (Å²) in [5.41, 5.74) is 5.00. The Bertz CT molecular complexity index is 913. The standard InChI is InChI=1S/C17H14N4O3/c22-17(9-13-11-18-16-4-2-1-3-15(13)16)20-19-10-12-5-7-14(8-6-12)21(23)24/h1-8,10-11,18H,9H2,(H,20,22)/b19-10-. The van der Waals surface area contributed by atoms with Crippen LogP contribution in [0, 0.1) is 10.1 Å². The van der Waals surface area contributed by atoms with E-state index in [4.69, 9.17) is 0 Å². The fourth-order valence-corrected chi connectivity index (χ4v) is 2.35. The molecule has 0 bridgehead atoms. The third-order valence-electron chi connectivity index (χ3n) is 3.53. The summed E-state index contributed by atoms with van der Waals surface area (Å²) in [5, 5.41) is 15.5. The summed E-state index contributed by atoms with van der Waals surface area (Å²) in [5.74, 6) is -0.238. The molecule has 0 aliphatic carbocycles. The van der Waals surface area contributed by atoms with Gasteiger partial charge in [-0.15, -0.1) is 0 Å². The normalized spacial score (nSPS) is 11.0. The zero-order chi connectivity index (χ0) is 16.9. The predicted octanol–water partition coefficient (Wildman–Crippen LogP) is 2.77. The van der Waals surface area contributed by atoms with Gasteiger partial charge in [0.25, 0.3) is 5.69 Å². The third kappa shape index (κ3) is 3.46. The van der Waals surface area contributed by atoms with E-state index in [2.05, 4.69) is 15.5 Å². The molecular formula is C17H14N4O3. The lowest BCUT2D eigenvalue weighted by Gasteiger charge is -1.99. The number of hydrazone groups is 1. The topological polar surface area (TPSA) is 100 Å². The number of rotatable bonds is 5. The van der Waals surface area contributed by atoms with Crippen molar-refractivity contribution in [1.29, 1.82) is 0 Å². The van der Waals surface area contributed by atoms with Crippen LogP contribution in [0.25, 0.3) is 10.9 Å². The monoisotopic (exact) mass is 322 g/mol. The number of non-ortho nitro benzene ring substituents is 1. The number of nitro groups is 1. The summed E-state index contributed by atoms with van der Waals surface area (Å²) >= 11 is 0. The molecule has 2 aromatic carbocycles. The highest BCUT2D eigenvalue weighted by atomic mass is 16.6. The van der Waals surface area contributed by atoms with Gasteiger partial charge in [-0.25, -0.2) is 5.43 Å². The minimum absolute atomic E-state index is 0.00974. The molecule has 0 radical (unpaired) electrons. The van der Waals surface area contributed by atoms with Crippen molar-refractivity contribution < 1.29 is 9.72 Å². The Balaban J connectivity index is 1.60. The van der Waals surface area contributed by atoms with Crippen LogP contribution in [0.15, 0.2) is 59.8 Å². The Morgan fingerprint density at radius 3 is 2.71 bits per heavy atom. The number of H-pyrrole nitrogens is 1. The molecule has 0 atom stereocenters. The van der Waals surface area contributed by atoms with E-state index in [-0.39, 0.29) is 18.0 Å². The van der Waals surface area contributed by atoms with E-state index in [1.54, 1.807) is 12.1 Å². The fourth-order valence-electron chi connectivity index (χ4n) is 2.35. The van der Waals surface area contributed by atoms with Gasteiger partial charge in [0.05, 0.1) is 17.6 Å². The number of aromatic nitrogens is 1. The Labute approximate surface area is 137 Å². The van der Waals surface area contributed by atoms with Gasteiger partial charge in [-0.2, -0.15) is 5.10 Å². The van der Waals surface area contributed by atoms with Gasteiger partial charge in [0.2, 0.25) is 5.91 Å². The van der Waals surface area contributed by atoms with Crippen molar-refractivity contribution >= 4 is 28.7 Å². The van der Waals surface area contributed by atoms with E-state index in [0.717, 1.165) is 16.5 Å². The van der Waals surface area contributed by atoms with Crippen molar-refractivity contribution in [2.75, 3.05) is 0 Å². The van der Waals surface area contributed by atoms with Crippen LogP contribution in [0.5, 0.6) is 0 Å². The van der Waals surface area contributed by atoms with E-state index < -0.39 is 4.92 Å². The van der Waals surface area contributed by atoms with Crippen LogP contribution in [0.2, 0.25) is 0 Å². The van der Waals surface area contributed by atoms with E-state index in [1.165, 1.54) is 18.3 Å². The quantitative estimate of drug-likeness (QED) is 0.429. The smallest absolute Gasteiger partial charge is 0.269 e. The van der Waals surface area contributed by atoms with Gasteiger partial charge >= 0.3 is 0 Å². The van der Waals surface area contributed by atoms with Crippen molar-refractivity contribution in [3.63, 3.8) is 0 Å². The van der Waals surface area contributed by atoms with Crippen LogP contribution in [0.1, 0.15) is 11.1 Å². The van der Waals surface area contributed by atoms with E-state index >= 15 is 0 Å². The first-order chi connectivity index (χ1) is 11.6. The number of nitrogens with one attached hydrogen (secondary N) is 2. The molecule has 3 aromatic rings. The highest BCUT2D eigenvalue weighted by Gasteiger charge is 2.07. The molecule has 0 saturated carbocycles. The van der Waals surface area contributed by atoms with Gasteiger partial charge in [-0.3, -0.25) is 14.9 Å². The zero-order valence-corrected chi connectivity index (χ0v) is 12.6. The maximum Gasteiger partial charge on any atom is 0.269 e. The molecule has 2 N–H and O–H groups in total. The van der Waals surface area contributed by atoms with E-state index in [9.17, 15) is 14.9 Å². The number of fused-ring (bicyclic) bond motifs is 1. The van der Waals surface area contributed by atoms with Crippen LogP contribution < -0.4 is 5.43 Å². The largest absolute Gasteiger partial charge is 0.361 e. The van der Waals surface area contributed by atoms with Crippen molar-refractivity contribution in [1.82, 2.24) is 10.4 Å². The lowest BCUT2D eigenvalue weighted by Crippen LogP contribution is -2.19. The average molecular weight is 322 g/mol. The van der Waals surface area contributed by atoms with Crippen LogP contribution >= 0.6 is 0 Å². The number of carbonyl (C=O) groups excluding carboxylic acids is 1. The van der Waals surface area contributed by atoms with Crippen LogP contribution in [-0.4, -0.2) is 22.0 Å². The zero-order valence-electron chi connectivity index (χ0n) is 12.6. The van der Waals surface area contributed by atoms with Crippen molar-refractivity contribution in [2.45, 2.75) is 6.42 Å². The molecule has 1 amide bonds. The van der Waals surface area contributed by atoms with Gasteiger partial charge in [0.15, 0.2) is 0 Å². The summed E-state index contributed by atoms with van der Waals surface area (Å²) in [6, 6.07) is 13.6.